The Morgan fingerprint density at radius 3 is 3.14 bits per heavy atom. The van der Waals surface area contributed by atoms with Gasteiger partial charge in [-0.25, -0.2) is 0 Å². The topological polar surface area (TPSA) is 58.7 Å². The highest BCUT2D eigenvalue weighted by Gasteiger charge is 2.24. The molecule has 0 saturated heterocycles. The Bertz CT molecular complexity index is 333. The molecule has 2 rings (SSSR count). The molecule has 5 nitrogen and oxygen atoms in total. The molecule has 1 aliphatic heterocycles. The predicted molar refractivity (Wildman–Crippen MR) is 52.7 cm³/mol. The van der Waals surface area contributed by atoms with Crippen LogP contribution in [0.25, 0.3) is 0 Å². The monoisotopic (exact) mass is 193 g/mol. The van der Waals surface area contributed by atoms with Gasteiger partial charge in [0.1, 0.15) is 0 Å². The fraction of sp³-hybridized carbons (Fsp3) is 0.444. The molecule has 0 aromatic rings. The van der Waals surface area contributed by atoms with Gasteiger partial charge in [-0.15, -0.1) is 0 Å². The van der Waals surface area contributed by atoms with E-state index in [-0.39, 0.29) is 4.92 Å². The van der Waals surface area contributed by atoms with Gasteiger partial charge in [0.05, 0.1) is 19.3 Å². The van der Waals surface area contributed by atoms with Gasteiger partial charge < -0.3 is 4.90 Å². The van der Waals surface area contributed by atoms with E-state index in [0.717, 1.165) is 18.8 Å². The van der Waals surface area contributed by atoms with Gasteiger partial charge in [0.2, 0.25) is 6.04 Å². The molecule has 1 atom stereocenters. The fourth-order valence-electron chi connectivity index (χ4n) is 1.60. The summed E-state index contributed by atoms with van der Waals surface area (Å²) in [4.78, 5) is 16.4. The fourth-order valence-corrected chi connectivity index (χ4v) is 1.60. The Labute approximate surface area is 81.6 Å². The molecule has 0 radical (unpaired) electrons. The molecule has 0 spiro atoms. The minimum Gasteiger partial charge on any atom is -0.334 e. The molecule has 0 aromatic heterocycles. The highest BCUT2D eigenvalue weighted by Crippen LogP contribution is 2.18. The van der Waals surface area contributed by atoms with Crippen molar-refractivity contribution in [2.45, 2.75) is 12.5 Å². The summed E-state index contributed by atoms with van der Waals surface area (Å²) in [6.07, 6.45) is 7.50. The standard InChI is InChI=1S/C9H11N3O2/c13-12(14)9-3-1-2-8(6-9)11-5-4-10-7-11/h1-3,7,9H,4-6H2. The first-order valence-corrected chi connectivity index (χ1v) is 4.55. The second-order valence-electron chi connectivity index (χ2n) is 3.31. The maximum absolute atomic E-state index is 10.6. The SMILES string of the molecule is O=[N+]([O-])C1C=CC=C(N2C=NCC2)C1. The molecule has 14 heavy (non-hydrogen) atoms. The van der Waals surface area contributed by atoms with Crippen LogP contribution in [0.2, 0.25) is 0 Å². The first kappa shape index (κ1) is 8.93. The summed E-state index contributed by atoms with van der Waals surface area (Å²) in [5.41, 5.74) is 0.982. The minimum absolute atomic E-state index is 0.253. The van der Waals surface area contributed by atoms with Gasteiger partial charge in [-0.2, -0.15) is 0 Å². The van der Waals surface area contributed by atoms with Crippen LogP contribution in [0.3, 0.4) is 0 Å². The van der Waals surface area contributed by atoms with Gasteiger partial charge in [0.25, 0.3) is 0 Å². The van der Waals surface area contributed by atoms with Crippen LogP contribution >= 0.6 is 0 Å². The molecule has 2 aliphatic rings. The van der Waals surface area contributed by atoms with Gasteiger partial charge in [-0.3, -0.25) is 15.1 Å². The summed E-state index contributed by atoms with van der Waals surface area (Å²) in [5, 5.41) is 10.6. The average molecular weight is 193 g/mol. The van der Waals surface area contributed by atoms with Crippen molar-refractivity contribution in [3.63, 3.8) is 0 Å². The lowest BCUT2D eigenvalue weighted by molar-refractivity contribution is -0.509. The number of nitro groups is 1. The highest BCUT2D eigenvalue weighted by atomic mass is 16.6. The maximum atomic E-state index is 10.6. The van der Waals surface area contributed by atoms with Gasteiger partial charge in [0.15, 0.2) is 0 Å². The third-order valence-electron chi connectivity index (χ3n) is 2.37. The normalized spacial score (nSPS) is 25.3. The van der Waals surface area contributed by atoms with Crippen molar-refractivity contribution in [2.75, 3.05) is 13.1 Å². The van der Waals surface area contributed by atoms with E-state index in [0.29, 0.717) is 6.42 Å². The lowest BCUT2D eigenvalue weighted by atomic mass is 10.1. The molecule has 0 saturated carbocycles. The molecule has 1 heterocycles. The quantitative estimate of drug-likeness (QED) is 0.482. The number of hydrogen-bond acceptors (Lipinski definition) is 4. The Morgan fingerprint density at radius 2 is 2.50 bits per heavy atom. The predicted octanol–water partition coefficient (Wildman–Crippen LogP) is 0.819. The largest absolute Gasteiger partial charge is 0.334 e. The van der Waals surface area contributed by atoms with Crippen LogP contribution in [0, 0.1) is 10.1 Å². The van der Waals surface area contributed by atoms with E-state index in [9.17, 15) is 10.1 Å². The van der Waals surface area contributed by atoms with Crippen LogP contribution in [0.4, 0.5) is 0 Å². The highest BCUT2D eigenvalue weighted by molar-refractivity contribution is 5.60. The number of hydrogen-bond donors (Lipinski definition) is 0. The van der Waals surface area contributed by atoms with Crippen molar-refractivity contribution in [1.82, 2.24) is 4.90 Å². The summed E-state index contributed by atoms with van der Waals surface area (Å²) in [6.45, 7) is 1.62. The Morgan fingerprint density at radius 1 is 1.64 bits per heavy atom. The average Bonchev–Trinajstić information content (AvgIpc) is 2.71. The van der Waals surface area contributed by atoms with E-state index in [2.05, 4.69) is 4.99 Å². The summed E-state index contributed by atoms with van der Waals surface area (Å²) in [5.74, 6) is 0. The Kier molecular flexibility index (Phi) is 2.30. The molecule has 0 amide bonds. The Hall–Kier alpha value is -1.65. The molecule has 1 aliphatic carbocycles. The molecular formula is C9H11N3O2. The molecule has 74 valence electrons. The first-order chi connectivity index (χ1) is 6.77. The first-order valence-electron chi connectivity index (χ1n) is 4.55. The van der Waals surface area contributed by atoms with Crippen molar-refractivity contribution in [1.29, 1.82) is 0 Å². The van der Waals surface area contributed by atoms with Crippen LogP contribution in [0.1, 0.15) is 6.42 Å². The van der Waals surface area contributed by atoms with Gasteiger partial charge >= 0.3 is 0 Å². The second-order valence-corrected chi connectivity index (χ2v) is 3.31. The van der Waals surface area contributed by atoms with E-state index in [1.54, 1.807) is 18.5 Å². The van der Waals surface area contributed by atoms with E-state index in [1.165, 1.54) is 0 Å². The summed E-state index contributed by atoms with van der Waals surface area (Å²) < 4.78 is 0. The third-order valence-corrected chi connectivity index (χ3v) is 2.37. The summed E-state index contributed by atoms with van der Waals surface area (Å²) >= 11 is 0. The van der Waals surface area contributed by atoms with Crippen molar-refractivity contribution in [2.24, 2.45) is 4.99 Å². The zero-order valence-electron chi connectivity index (χ0n) is 7.67. The van der Waals surface area contributed by atoms with Crippen molar-refractivity contribution in [3.8, 4) is 0 Å². The summed E-state index contributed by atoms with van der Waals surface area (Å²) in [6, 6.07) is -0.580. The molecule has 0 fully saturated rings. The Balaban J connectivity index is 2.07. The molecule has 5 heteroatoms. The van der Waals surface area contributed by atoms with Crippen molar-refractivity contribution in [3.05, 3.63) is 34.0 Å². The van der Waals surface area contributed by atoms with Crippen LogP contribution in [0.15, 0.2) is 28.9 Å². The van der Waals surface area contributed by atoms with E-state index in [4.69, 9.17) is 0 Å². The third kappa shape index (κ3) is 1.66. The van der Waals surface area contributed by atoms with E-state index in [1.807, 2.05) is 11.0 Å². The minimum atomic E-state index is -0.580. The van der Waals surface area contributed by atoms with Crippen LogP contribution in [-0.2, 0) is 0 Å². The number of aliphatic imine (C=N–C) groups is 1. The van der Waals surface area contributed by atoms with Gasteiger partial charge in [-0.1, -0.05) is 6.08 Å². The van der Waals surface area contributed by atoms with Crippen molar-refractivity contribution < 1.29 is 4.92 Å². The molecular weight excluding hydrogens is 182 g/mol. The zero-order valence-corrected chi connectivity index (χ0v) is 7.67. The number of nitrogens with zero attached hydrogens (tertiary/aromatic N) is 3. The van der Waals surface area contributed by atoms with Crippen LogP contribution in [0.5, 0.6) is 0 Å². The molecule has 0 bridgehead atoms. The lowest BCUT2D eigenvalue weighted by Crippen LogP contribution is -2.27. The lowest BCUT2D eigenvalue weighted by Gasteiger charge is -2.20. The molecule has 0 aromatic carbocycles. The zero-order chi connectivity index (χ0) is 9.97. The van der Waals surface area contributed by atoms with E-state index < -0.39 is 6.04 Å². The number of rotatable bonds is 2. The van der Waals surface area contributed by atoms with Crippen molar-refractivity contribution >= 4 is 6.34 Å². The maximum Gasteiger partial charge on any atom is 0.237 e. The second kappa shape index (κ2) is 3.61. The smallest absolute Gasteiger partial charge is 0.237 e. The summed E-state index contributed by atoms with van der Waals surface area (Å²) in [7, 11) is 0. The van der Waals surface area contributed by atoms with E-state index >= 15 is 0 Å². The van der Waals surface area contributed by atoms with Gasteiger partial charge in [-0.05, 0) is 12.2 Å². The number of allylic oxidation sites excluding steroid dienone is 2. The van der Waals surface area contributed by atoms with Gasteiger partial charge in [0, 0.05) is 17.2 Å². The van der Waals surface area contributed by atoms with Crippen LogP contribution < -0.4 is 0 Å². The molecule has 1 unspecified atom stereocenters. The molecule has 0 N–H and O–H groups in total. The van der Waals surface area contributed by atoms with Crippen LogP contribution in [-0.4, -0.2) is 35.3 Å².